The molecular weight excluding hydrogens is 226 g/mol. The second-order valence-corrected chi connectivity index (χ2v) is 3.57. The van der Waals surface area contributed by atoms with E-state index in [4.69, 9.17) is 9.47 Å². The highest BCUT2D eigenvalue weighted by Crippen LogP contribution is 1.96. The van der Waals surface area contributed by atoms with Crippen molar-refractivity contribution in [2.24, 2.45) is 0 Å². The minimum Gasteiger partial charge on any atom is -0.423 e. The summed E-state index contributed by atoms with van der Waals surface area (Å²) in [5.74, 6) is -0.853. The molecule has 1 atom stereocenters. The molecule has 7 heteroatoms. The number of carbonyl (C=O) groups excluding carboxylic acids is 2. The molecule has 0 aliphatic carbocycles. The Bertz CT molecular complexity index is 260. The Hall–Kier alpha value is -1.18. The van der Waals surface area contributed by atoms with Crippen LogP contribution in [0.5, 0.6) is 0 Å². The lowest BCUT2D eigenvalue weighted by atomic mass is 10.5. The fraction of sp³-hybridized carbons (Fsp3) is 0.800. The lowest BCUT2D eigenvalue weighted by Gasteiger charge is -2.17. The van der Waals surface area contributed by atoms with E-state index in [-0.39, 0.29) is 13.1 Å². The van der Waals surface area contributed by atoms with Gasteiger partial charge >= 0.3 is 11.9 Å². The van der Waals surface area contributed by atoms with Crippen molar-refractivity contribution in [1.82, 2.24) is 16.0 Å². The third-order valence-electron chi connectivity index (χ3n) is 2.10. The molecule has 0 radical (unpaired) electrons. The Morgan fingerprint density at radius 2 is 2.29 bits per heavy atom. The smallest absolute Gasteiger partial charge is 0.323 e. The standard InChI is InChI=1S/C10H19N3O4/c1-2-11-5-8(14)16-10-7-13-4-3-12-6-9(15)17-10/h10-13H,2-7H2,1H3. The van der Waals surface area contributed by atoms with Gasteiger partial charge in [-0.05, 0) is 6.54 Å². The molecule has 1 saturated heterocycles. The molecule has 0 aromatic carbocycles. The molecule has 0 aromatic rings. The number of carbonyl (C=O) groups is 2. The zero-order valence-electron chi connectivity index (χ0n) is 9.95. The molecule has 1 aliphatic heterocycles. The van der Waals surface area contributed by atoms with Gasteiger partial charge in [-0.1, -0.05) is 6.92 Å². The topological polar surface area (TPSA) is 88.7 Å². The molecule has 0 aromatic heterocycles. The van der Waals surface area contributed by atoms with Gasteiger partial charge in [-0.2, -0.15) is 0 Å². The zero-order chi connectivity index (χ0) is 12.5. The predicted octanol–water partition coefficient (Wildman–Crippen LogP) is -1.80. The first kappa shape index (κ1) is 13.9. The quantitative estimate of drug-likeness (QED) is 0.504. The Balaban J connectivity index is 2.36. The van der Waals surface area contributed by atoms with Crippen molar-refractivity contribution < 1.29 is 19.1 Å². The molecule has 0 saturated carbocycles. The Morgan fingerprint density at radius 1 is 1.53 bits per heavy atom. The SMILES string of the molecule is CCNCC(=O)OC1CNCCNCC(=O)O1. The molecule has 1 aliphatic rings. The number of ether oxygens (including phenoxy) is 2. The van der Waals surface area contributed by atoms with Crippen LogP contribution in [0.1, 0.15) is 6.92 Å². The maximum absolute atomic E-state index is 11.3. The van der Waals surface area contributed by atoms with Crippen LogP contribution in [0.25, 0.3) is 0 Å². The van der Waals surface area contributed by atoms with E-state index >= 15 is 0 Å². The van der Waals surface area contributed by atoms with Crippen molar-refractivity contribution >= 4 is 11.9 Å². The molecule has 0 amide bonds. The van der Waals surface area contributed by atoms with Crippen molar-refractivity contribution in [2.45, 2.75) is 13.2 Å². The molecule has 0 spiro atoms. The van der Waals surface area contributed by atoms with E-state index in [1.165, 1.54) is 0 Å². The lowest BCUT2D eigenvalue weighted by Crippen LogP contribution is -2.37. The number of cyclic esters (lactones) is 1. The van der Waals surface area contributed by atoms with Gasteiger partial charge in [0.25, 0.3) is 6.29 Å². The molecule has 17 heavy (non-hydrogen) atoms. The normalized spacial score (nSPS) is 21.9. The summed E-state index contributed by atoms with van der Waals surface area (Å²) >= 11 is 0. The van der Waals surface area contributed by atoms with E-state index in [2.05, 4.69) is 16.0 Å². The number of hydrogen-bond acceptors (Lipinski definition) is 7. The van der Waals surface area contributed by atoms with Crippen molar-refractivity contribution in [3.05, 3.63) is 0 Å². The van der Waals surface area contributed by atoms with Gasteiger partial charge in [0.2, 0.25) is 0 Å². The van der Waals surface area contributed by atoms with Gasteiger partial charge in [0.05, 0.1) is 19.6 Å². The highest BCUT2D eigenvalue weighted by atomic mass is 16.7. The van der Waals surface area contributed by atoms with Crippen molar-refractivity contribution in [1.29, 1.82) is 0 Å². The van der Waals surface area contributed by atoms with Crippen LogP contribution in [0, 0.1) is 0 Å². The van der Waals surface area contributed by atoms with Crippen molar-refractivity contribution in [3.8, 4) is 0 Å². The van der Waals surface area contributed by atoms with Crippen LogP contribution in [0.4, 0.5) is 0 Å². The van der Waals surface area contributed by atoms with Gasteiger partial charge in [-0.15, -0.1) is 0 Å². The third-order valence-corrected chi connectivity index (χ3v) is 2.10. The van der Waals surface area contributed by atoms with Crippen molar-refractivity contribution in [3.63, 3.8) is 0 Å². The van der Waals surface area contributed by atoms with Crippen LogP contribution < -0.4 is 16.0 Å². The number of nitrogens with one attached hydrogen (secondary N) is 3. The molecule has 1 rings (SSSR count). The summed E-state index contributed by atoms with van der Waals surface area (Å²) in [5.41, 5.74) is 0. The summed E-state index contributed by atoms with van der Waals surface area (Å²) in [5, 5.41) is 8.76. The van der Waals surface area contributed by atoms with E-state index in [1.807, 2.05) is 6.92 Å². The summed E-state index contributed by atoms with van der Waals surface area (Å²) in [6, 6.07) is 0. The molecule has 1 heterocycles. The van der Waals surface area contributed by atoms with E-state index in [9.17, 15) is 9.59 Å². The fourth-order valence-corrected chi connectivity index (χ4v) is 1.30. The molecular formula is C10H19N3O4. The number of hydrogen-bond donors (Lipinski definition) is 3. The lowest BCUT2D eigenvalue weighted by molar-refractivity contribution is -0.185. The maximum Gasteiger partial charge on any atom is 0.323 e. The zero-order valence-corrected chi connectivity index (χ0v) is 9.95. The molecule has 1 fully saturated rings. The van der Waals surface area contributed by atoms with E-state index < -0.39 is 18.2 Å². The Labute approximate surface area is 100 Å². The number of rotatable bonds is 4. The highest BCUT2D eigenvalue weighted by molar-refractivity contribution is 5.73. The van der Waals surface area contributed by atoms with Gasteiger partial charge < -0.3 is 25.4 Å². The molecule has 98 valence electrons. The largest absolute Gasteiger partial charge is 0.423 e. The molecule has 3 N–H and O–H groups in total. The summed E-state index contributed by atoms with van der Waals surface area (Å²) < 4.78 is 10.0. The summed E-state index contributed by atoms with van der Waals surface area (Å²) in [6.45, 7) is 4.49. The van der Waals surface area contributed by atoms with Crippen molar-refractivity contribution in [2.75, 3.05) is 39.3 Å². The first-order chi connectivity index (χ1) is 8.22. The Morgan fingerprint density at radius 3 is 3.06 bits per heavy atom. The van der Waals surface area contributed by atoms with Crippen LogP contribution >= 0.6 is 0 Å². The summed E-state index contributed by atoms with van der Waals surface area (Å²) in [6.07, 6.45) is -0.853. The summed E-state index contributed by atoms with van der Waals surface area (Å²) in [7, 11) is 0. The first-order valence-electron chi connectivity index (χ1n) is 5.73. The molecule has 7 nitrogen and oxygen atoms in total. The predicted molar refractivity (Wildman–Crippen MR) is 60.3 cm³/mol. The third kappa shape index (κ3) is 6.20. The molecule has 1 unspecified atom stereocenters. The summed E-state index contributed by atoms with van der Waals surface area (Å²) in [4.78, 5) is 22.6. The monoisotopic (exact) mass is 245 g/mol. The van der Waals surface area contributed by atoms with E-state index in [0.717, 1.165) is 0 Å². The minimum atomic E-state index is -0.853. The molecule has 0 bridgehead atoms. The second kappa shape index (κ2) is 7.99. The van der Waals surface area contributed by atoms with Gasteiger partial charge in [0.1, 0.15) is 0 Å². The fourth-order valence-electron chi connectivity index (χ4n) is 1.30. The van der Waals surface area contributed by atoms with Crippen LogP contribution in [-0.2, 0) is 19.1 Å². The van der Waals surface area contributed by atoms with Crippen LogP contribution in [-0.4, -0.2) is 57.5 Å². The van der Waals surface area contributed by atoms with Gasteiger partial charge in [0.15, 0.2) is 0 Å². The van der Waals surface area contributed by atoms with Crippen LogP contribution in [0.15, 0.2) is 0 Å². The van der Waals surface area contributed by atoms with Crippen LogP contribution in [0.2, 0.25) is 0 Å². The average Bonchev–Trinajstić information content (AvgIpc) is 2.39. The van der Waals surface area contributed by atoms with Gasteiger partial charge in [0, 0.05) is 13.1 Å². The van der Waals surface area contributed by atoms with Gasteiger partial charge in [-0.25, -0.2) is 0 Å². The minimum absolute atomic E-state index is 0.114. The average molecular weight is 245 g/mol. The second-order valence-electron chi connectivity index (χ2n) is 3.57. The Kier molecular flexibility index (Phi) is 6.53. The maximum atomic E-state index is 11.3. The van der Waals surface area contributed by atoms with Crippen LogP contribution in [0.3, 0.4) is 0 Å². The van der Waals surface area contributed by atoms with E-state index in [1.54, 1.807) is 0 Å². The van der Waals surface area contributed by atoms with E-state index in [0.29, 0.717) is 26.2 Å². The highest BCUT2D eigenvalue weighted by Gasteiger charge is 2.19. The van der Waals surface area contributed by atoms with Gasteiger partial charge in [-0.3, -0.25) is 9.59 Å². The number of likely N-dealkylation sites (N-methyl/N-ethyl adjacent to an activating group) is 1. The first-order valence-corrected chi connectivity index (χ1v) is 5.73. The number of esters is 2.